The van der Waals surface area contributed by atoms with Crippen molar-refractivity contribution < 1.29 is 14.6 Å². The highest BCUT2D eigenvalue weighted by Crippen LogP contribution is 2.29. The molecule has 0 fully saturated rings. The zero-order chi connectivity index (χ0) is 13.8. The average molecular weight is 298 g/mol. The van der Waals surface area contributed by atoms with Crippen LogP contribution in [-0.4, -0.2) is 17.6 Å². The van der Waals surface area contributed by atoms with Gasteiger partial charge in [0.2, 0.25) is 0 Å². The van der Waals surface area contributed by atoms with Gasteiger partial charge in [0.15, 0.2) is 0 Å². The Bertz CT molecular complexity index is 597. The highest BCUT2D eigenvalue weighted by molar-refractivity contribution is 7.08. The molecule has 0 saturated carbocycles. The van der Waals surface area contributed by atoms with Gasteiger partial charge in [-0.15, -0.1) is 11.3 Å². The fourth-order valence-corrected chi connectivity index (χ4v) is 2.43. The van der Waals surface area contributed by atoms with Crippen molar-refractivity contribution in [3.05, 3.63) is 39.5 Å². The number of benzene rings is 1. The minimum Gasteiger partial charge on any atom is -0.506 e. The molecule has 19 heavy (non-hydrogen) atoms. The van der Waals surface area contributed by atoms with Crippen molar-refractivity contribution in [3.8, 4) is 11.5 Å². The van der Waals surface area contributed by atoms with Gasteiger partial charge < -0.3 is 15.2 Å². The summed E-state index contributed by atoms with van der Waals surface area (Å²) in [5.41, 5.74) is 0.706. The first-order valence-electron chi connectivity index (χ1n) is 5.60. The molecule has 0 saturated heterocycles. The molecule has 1 aromatic carbocycles. The molecule has 6 heteroatoms. The van der Waals surface area contributed by atoms with Crippen LogP contribution in [0.25, 0.3) is 0 Å². The largest absolute Gasteiger partial charge is 0.506 e. The van der Waals surface area contributed by atoms with Gasteiger partial charge in [-0.2, -0.15) is 0 Å². The smallest absolute Gasteiger partial charge is 0.260 e. The zero-order valence-electron chi connectivity index (χ0n) is 10.1. The Labute approximate surface area is 119 Å². The number of carbonyl (C=O) groups is 1. The van der Waals surface area contributed by atoms with Crippen LogP contribution in [0, 0.1) is 0 Å². The van der Waals surface area contributed by atoms with Gasteiger partial charge in [0.05, 0.1) is 17.9 Å². The Kier molecular flexibility index (Phi) is 4.29. The van der Waals surface area contributed by atoms with E-state index in [0.29, 0.717) is 22.9 Å². The molecule has 2 N–H and O–H groups in total. The van der Waals surface area contributed by atoms with Crippen LogP contribution in [0.15, 0.2) is 29.0 Å². The summed E-state index contributed by atoms with van der Waals surface area (Å²) in [5.74, 6) is 0.153. The van der Waals surface area contributed by atoms with E-state index in [0.717, 1.165) is 0 Å². The Morgan fingerprint density at radius 2 is 2.26 bits per heavy atom. The second-order valence-electron chi connectivity index (χ2n) is 3.70. The number of halogens is 1. The van der Waals surface area contributed by atoms with Gasteiger partial charge in [-0.3, -0.25) is 4.79 Å². The molecule has 0 unspecified atom stereocenters. The van der Waals surface area contributed by atoms with Gasteiger partial charge in [0, 0.05) is 15.8 Å². The number of hydrogen-bond acceptors (Lipinski definition) is 4. The first kappa shape index (κ1) is 13.7. The maximum atomic E-state index is 12.1. The summed E-state index contributed by atoms with van der Waals surface area (Å²) in [5, 5.41) is 16.1. The summed E-state index contributed by atoms with van der Waals surface area (Å²) in [6.45, 7) is 2.33. The third-order valence-electron chi connectivity index (χ3n) is 2.38. The average Bonchev–Trinajstić information content (AvgIpc) is 2.82. The molecule has 1 aromatic heterocycles. The second kappa shape index (κ2) is 5.95. The summed E-state index contributed by atoms with van der Waals surface area (Å²) in [6, 6.07) is 4.46. The van der Waals surface area contributed by atoms with E-state index in [1.807, 2.05) is 6.92 Å². The summed E-state index contributed by atoms with van der Waals surface area (Å²) in [6.07, 6.45) is 0. The molecule has 2 aromatic rings. The minimum atomic E-state index is -0.345. The lowest BCUT2D eigenvalue weighted by atomic mass is 10.2. The lowest BCUT2D eigenvalue weighted by Gasteiger charge is -2.08. The highest BCUT2D eigenvalue weighted by atomic mass is 35.5. The van der Waals surface area contributed by atoms with Crippen LogP contribution < -0.4 is 10.1 Å². The molecule has 0 aliphatic heterocycles. The molecular weight excluding hydrogens is 286 g/mol. The van der Waals surface area contributed by atoms with Gasteiger partial charge in [0.25, 0.3) is 5.91 Å². The van der Waals surface area contributed by atoms with Crippen molar-refractivity contribution >= 4 is 34.5 Å². The van der Waals surface area contributed by atoms with E-state index in [4.69, 9.17) is 16.3 Å². The third kappa shape index (κ3) is 3.19. The monoisotopic (exact) mass is 297 g/mol. The number of rotatable bonds is 4. The number of nitrogens with one attached hydrogen (secondary N) is 1. The van der Waals surface area contributed by atoms with E-state index >= 15 is 0 Å². The number of hydrogen-bond donors (Lipinski definition) is 2. The number of aromatic hydroxyl groups is 1. The quantitative estimate of drug-likeness (QED) is 0.845. The number of thiophene rings is 1. The lowest BCUT2D eigenvalue weighted by molar-refractivity contribution is 0.102. The van der Waals surface area contributed by atoms with Crippen molar-refractivity contribution in [1.29, 1.82) is 0 Å². The van der Waals surface area contributed by atoms with Crippen LogP contribution in [0.2, 0.25) is 5.02 Å². The molecule has 0 bridgehead atoms. The van der Waals surface area contributed by atoms with E-state index in [1.54, 1.807) is 16.8 Å². The Morgan fingerprint density at radius 3 is 3.00 bits per heavy atom. The van der Waals surface area contributed by atoms with E-state index in [1.165, 1.54) is 23.5 Å². The summed E-state index contributed by atoms with van der Waals surface area (Å²) >= 11 is 7.20. The van der Waals surface area contributed by atoms with E-state index in [-0.39, 0.29) is 17.3 Å². The van der Waals surface area contributed by atoms with Gasteiger partial charge in [-0.05, 0) is 25.1 Å². The summed E-state index contributed by atoms with van der Waals surface area (Å²) < 4.78 is 5.35. The molecule has 4 nitrogen and oxygen atoms in total. The topological polar surface area (TPSA) is 58.6 Å². The predicted molar refractivity (Wildman–Crippen MR) is 76.6 cm³/mol. The van der Waals surface area contributed by atoms with Crippen LogP contribution in [0.5, 0.6) is 11.5 Å². The molecule has 0 aliphatic rings. The van der Waals surface area contributed by atoms with Crippen molar-refractivity contribution in [2.24, 2.45) is 0 Å². The molecule has 2 rings (SSSR count). The Morgan fingerprint density at radius 1 is 1.47 bits per heavy atom. The summed E-state index contributed by atoms with van der Waals surface area (Å²) in [7, 11) is 0. The molecule has 0 radical (unpaired) electrons. The third-order valence-corrected chi connectivity index (χ3v) is 3.33. The fraction of sp³-hybridized carbons (Fsp3) is 0.154. The zero-order valence-corrected chi connectivity index (χ0v) is 11.7. The summed E-state index contributed by atoms with van der Waals surface area (Å²) in [4.78, 5) is 12.1. The van der Waals surface area contributed by atoms with E-state index in [9.17, 15) is 9.90 Å². The van der Waals surface area contributed by atoms with Crippen LogP contribution in [-0.2, 0) is 0 Å². The van der Waals surface area contributed by atoms with E-state index in [2.05, 4.69) is 5.32 Å². The highest BCUT2D eigenvalue weighted by Gasteiger charge is 2.15. The molecule has 0 aliphatic carbocycles. The predicted octanol–water partition coefficient (Wildman–Crippen LogP) is 3.76. The van der Waals surface area contributed by atoms with Crippen LogP contribution in [0.4, 0.5) is 5.69 Å². The van der Waals surface area contributed by atoms with Gasteiger partial charge in [-0.25, -0.2) is 0 Å². The second-order valence-corrected chi connectivity index (χ2v) is 4.88. The first-order valence-corrected chi connectivity index (χ1v) is 6.92. The molecule has 100 valence electrons. The number of ether oxygens (including phenoxy) is 1. The Hall–Kier alpha value is -1.72. The minimum absolute atomic E-state index is 0.0362. The van der Waals surface area contributed by atoms with Crippen molar-refractivity contribution in [1.82, 2.24) is 0 Å². The molecule has 0 atom stereocenters. The van der Waals surface area contributed by atoms with Crippen LogP contribution in [0.1, 0.15) is 17.3 Å². The lowest BCUT2D eigenvalue weighted by Crippen LogP contribution is -2.12. The van der Waals surface area contributed by atoms with Crippen LogP contribution >= 0.6 is 22.9 Å². The number of phenols is 1. The first-order chi connectivity index (χ1) is 9.11. The molecule has 0 spiro atoms. The SMILES string of the molecule is CCOc1cscc1C(=O)Nc1cc(Cl)ccc1O. The number of phenolic OH excluding ortho intramolecular Hbond substituents is 1. The normalized spacial score (nSPS) is 10.2. The number of amides is 1. The maximum Gasteiger partial charge on any atom is 0.260 e. The van der Waals surface area contributed by atoms with Crippen molar-refractivity contribution in [3.63, 3.8) is 0 Å². The Balaban J connectivity index is 2.21. The van der Waals surface area contributed by atoms with Gasteiger partial charge >= 0.3 is 0 Å². The molecular formula is C13H12ClNO3S. The number of anilines is 1. The van der Waals surface area contributed by atoms with Gasteiger partial charge in [-0.1, -0.05) is 11.6 Å². The van der Waals surface area contributed by atoms with Crippen molar-refractivity contribution in [2.45, 2.75) is 6.92 Å². The molecule has 1 heterocycles. The van der Waals surface area contributed by atoms with Crippen molar-refractivity contribution in [2.75, 3.05) is 11.9 Å². The van der Waals surface area contributed by atoms with E-state index < -0.39 is 0 Å². The molecule has 1 amide bonds. The maximum absolute atomic E-state index is 12.1. The van der Waals surface area contributed by atoms with Crippen LogP contribution in [0.3, 0.4) is 0 Å². The van der Waals surface area contributed by atoms with Gasteiger partial charge in [0.1, 0.15) is 11.5 Å². The standard InChI is InChI=1S/C13H12ClNO3S/c1-2-18-12-7-19-6-9(12)13(17)15-10-5-8(14)3-4-11(10)16/h3-7,16H,2H2,1H3,(H,15,17). The fourth-order valence-electron chi connectivity index (χ4n) is 1.52. The number of carbonyl (C=O) groups excluding carboxylic acids is 1.